The average Bonchev–Trinajstić information content (AvgIpc) is 3.06. The Morgan fingerprint density at radius 3 is 0.720 bits per heavy atom. The van der Waals surface area contributed by atoms with E-state index in [1.807, 2.05) is 0 Å². The van der Waals surface area contributed by atoms with Crippen molar-refractivity contribution in [3.63, 3.8) is 0 Å². The molecular formula is C36H24O12Ru2. The molecule has 6 aromatic carbocycles. The standard InChI is InChI=1S/3C12H8O4.2Ru/c3*13-11(14)9-6-5-7-3-1-2-4-8(7)10(9)12(15)16;;/h3*1-6H,(H,13,14)(H,15,16);;. The van der Waals surface area contributed by atoms with E-state index in [0.29, 0.717) is 32.3 Å². The number of fused-ring (bicyclic) bond motifs is 3. The quantitative estimate of drug-likeness (QED) is 0.0964. The maximum absolute atomic E-state index is 11.1. The summed E-state index contributed by atoms with van der Waals surface area (Å²) in [6.45, 7) is 0. The van der Waals surface area contributed by atoms with Crippen LogP contribution in [0.2, 0.25) is 0 Å². The third-order valence-electron chi connectivity index (χ3n) is 7.12. The van der Waals surface area contributed by atoms with Gasteiger partial charge in [0.1, 0.15) is 0 Å². The zero-order chi connectivity index (χ0) is 35.1. The van der Waals surface area contributed by atoms with Crippen LogP contribution in [0.4, 0.5) is 0 Å². The molecule has 6 aromatic rings. The molecule has 0 amide bonds. The van der Waals surface area contributed by atoms with Crippen molar-refractivity contribution in [3.8, 4) is 0 Å². The van der Waals surface area contributed by atoms with Crippen LogP contribution in [0.15, 0.2) is 109 Å². The van der Waals surface area contributed by atoms with Crippen LogP contribution in [0.3, 0.4) is 0 Å². The Labute approximate surface area is 307 Å². The molecule has 0 aliphatic rings. The van der Waals surface area contributed by atoms with Gasteiger partial charge in [0, 0.05) is 39.0 Å². The van der Waals surface area contributed by atoms with Gasteiger partial charge in [-0.3, -0.25) is 0 Å². The molecule has 6 N–H and O–H groups in total. The summed E-state index contributed by atoms with van der Waals surface area (Å²) in [6.07, 6.45) is 0. The first kappa shape index (κ1) is 40.3. The third-order valence-corrected chi connectivity index (χ3v) is 7.12. The number of carbonyl (C=O) groups is 6. The van der Waals surface area contributed by atoms with Crippen LogP contribution >= 0.6 is 0 Å². The van der Waals surface area contributed by atoms with E-state index in [0.717, 1.165) is 0 Å². The molecule has 12 nitrogen and oxygen atoms in total. The van der Waals surface area contributed by atoms with Gasteiger partial charge in [-0.1, -0.05) is 91.0 Å². The second-order valence-corrected chi connectivity index (χ2v) is 9.96. The van der Waals surface area contributed by atoms with Gasteiger partial charge in [-0.2, -0.15) is 0 Å². The van der Waals surface area contributed by atoms with Crippen LogP contribution in [0.5, 0.6) is 0 Å². The fraction of sp³-hybridized carbons (Fsp3) is 0. The maximum atomic E-state index is 11.1. The second-order valence-electron chi connectivity index (χ2n) is 9.96. The Bertz CT molecular complexity index is 2030. The first-order chi connectivity index (χ1) is 22.8. The van der Waals surface area contributed by atoms with E-state index in [1.54, 1.807) is 91.0 Å². The summed E-state index contributed by atoms with van der Waals surface area (Å²) < 4.78 is 0. The Kier molecular flexibility index (Phi) is 14.1. The van der Waals surface area contributed by atoms with E-state index in [1.165, 1.54) is 18.2 Å². The van der Waals surface area contributed by atoms with Crippen molar-refractivity contribution in [2.24, 2.45) is 0 Å². The molecule has 14 heteroatoms. The fourth-order valence-corrected chi connectivity index (χ4v) is 5.04. The van der Waals surface area contributed by atoms with Crippen LogP contribution < -0.4 is 0 Å². The predicted molar refractivity (Wildman–Crippen MR) is 174 cm³/mol. The zero-order valence-electron chi connectivity index (χ0n) is 25.2. The van der Waals surface area contributed by atoms with E-state index >= 15 is 0 Å². The first-order valence-electron chi connectivity index (χ1n) is 13.8. The summed E-state index contributed by atoms with van der Waals surface area (Å²) in [5.74, 6) is -7.38. The molecule has 256 valence electrons. The summed E-state index contributed by atoms with van der Waals surface area (Å²) in [4.78, 5) is 66.0. The number of rotatable bonds is 6. The number of carboxylic acid groups (broad SMARTS) is 6. The third kappa shape index (κ3) is 8.79. The van der Waals surface area contributed by atoms with Crippen molar-refractivity contribution in [1.29, 1.82) is 0 Å². The SMILES string of the molecule is O=C(O)c1ccc2ccccc2c1C(=O)O.O=C(O)c1ccc2ccccc2c1C(=O)O.O=C(O)c1ccc2ccccc2c1C(=O)O.[Ru].[Ru]. The minimum absolute atomic E-state index is 0. The Morgan fingerprint density at radius 2 is 0.520 bits per heavy atom. The number of aromatic carboxylic acids is 6. The molecule has 6 rings (SSSR count). The first-order valence-corrected chi connectivity index (χ1v) is 13.8. The van der Waals surface area contributed by atoms with Crippen molar-refractivity contribution in [1.82, 2.24) is 0 Å². The number of hydrogen-bond donors (Lipinski definition) is 6. The van der Waals surface area contributed by atoms with Gasteiger partial charge in [-0.25, -0.2) is 28.8 Å². The molecule has 0 bridgehead atoms. The van der Waals surface area contributed by atoms with E-state index < -0.39 is 35.8 Å². The van der Waals surface area contributed by atoms with Gasteiger partial charge in [-0.15, -0.1) is 0 Å². The average molecular weight is 851 g/mol. The van der Waals surface area contributed by atoms with E-state index in [-0.39, 0.29) is 72.3 Å². The largest absolute Gasteiger partial charge is 0.478 e. The van der Waals surface area contributed by atoms with E-state index in [2.05, 4.69) is 0 Å². The van der Waals surface area contributed by atoms with Crippen LogP contribution in [0.1, 0.15) is 62.1 Å². The minimum atomic E-state index is -1.23. The van der Waals surface area contributed by atoms with Crippen molar-refractivity contribution >= 4 is 68.1 Å². The molecule has 0 saturated carbocycles. The zero-order valence-corrected chi connectivity index (χ0v) is 28.7. The van der Waals surface area contributed by atoms with Gasteiger partial charge in [0.25, 0.3) is 0 Å². The molecule has 0 radical (unpaired) electrons. The molecule has 0 aliphatic carbocycles. The fourth-order valence-electron chi connectivity index (χ4n) is 5.04. The molecular weight excluding hydrogens is 827 g/mol. The molecule has 0 heterocycles. The maximum Gasteiger partial charge on any atom is 0.337 e. The smallest absolute Gasteiger partial charge is 0.337 e. The van der Waals surface area contributed by atoms with Crippen LogP contribution in [0.25, 0.3) is 32.3 Å². The summed E-state index contributed by atoms with van der Waals surface area (Å²) in [5, 5.41) is 57.3. The Morgan fingerprint density at radius 1 is 0.300 bits per heavy atom. The summed E-state index contributed by atoms with van der Waals surface area (Å²) in [6, 6.07) is 29.1. The normalized spacial score (nSPS) is 9.84. The molecule has 0 fully saturated rings. The Hall–Kier alpha value is -5.83. The number of benzene rings is 6. The van der Waals surface area contributed by atoms with Gasteiger partial charge in [0.15, 0.2) is 0 Å². The topological polar surface area (TPSA) is 224 Å². The van der Waals surface area contributed by atoms with Gasteiger partial charge in [-0.05, 0) is 50.5 Å². The van der Waals surface area contributed by atoms with Gasteiger partial charge in [0.05, 0.1) is 33.4 Å². The van der Waals surface area contributed by atoms with Gasteiger partial charge >= 0.3 is 35.8 Å². The number of hydrogen-bond acceptors (Lipinski definition) is 6. The minimum Gasteiger partial charge on any atom is -0.478 e. The van der Waals surface area contributed by atoms with Crippen LogP contribution in [-0.4, -0.2) is 66.5 Å². The molecule has 50 heavy (non-hydrogen) atoms. The van der Waals surface area contributed by atoms with Gasteiger partial charge < -0.3 is 30.6 Å². The van der Waals surface area contributed by atoms with Crippen LogP contribution in [-0.2, 0) is 39.0 Å². The second kappa shape index (κ2) is 17.5. The Balaban J connectivity index is 0.000000255. The summed E-state index contributed by atoms with van der Waals surface area (Å²) in [5.41, 5.74) is -1.05. The van der Waals surface area contributed by atoms with Crippen molar-refractivity contribution in [2.45, 2.75) is 0 Å². The van der Waals surface area contributed by atoms with E-state index in [9.17, 15) is 28.8 Å². The molecule has 0 unspecified atom stereocenters. The molecule has 0 spiro atoms. The van der Waals surface area contributed by atoms with Crippen molar-refractivity contribution < 1.29 is 98.4 Å². The summed E-state index contributed by atoms with van der Waals surface area (Å²) in [7, 11) is 0. The molecule has 0 aromatic heterocycles. The number of carboxylic acids is 6. The van der Waals surface area contributed by atoms with Crippen molar-refractivity contribution in [3.05, 3.63) is 143 Å². The van der Waals surface area contributed by atoms with Gasteiger partial charge in [0.2, 0.25) is 0 Å². The monoisotopic (exact) mass is 852 g/mol. The molecule has 0 saturated heterocycles. The molecule has 0 atom stereocenters. The van der Waals surface area contributed by atoms with Crippen molar-refractivity contribution in [2.75, 3.05) is 0 Å². The molecule has 0 aliphatic heterocycles. The van der Waals surface area contributed by atoms with E-state index in [4.69, 9.17) is 30.6 Å². The summed E-state index contributed by atoms with van der Waals surface area (Å²) >= 11 is 0. The van der Waals surface area contributed by atoms with Crippen LogP contribution in [0, 0.1) is 0 Å². The predicted octanol–water partition coefficient (Wildman–Crippen LogP) is 6.70.